The van der Waals surface area contributed by atoms with Gasteiger partial charge in [0, 0.05) is 12.6 Å². The van der Waals surface area contributed by atoms with Gasteiger partial charge < -0.3 is 15.2 Å². The van der Waals surface area contributed by atoms with Gasteiger partial charge >= 0.3 is 0 Å². The number of aryl methyl sites for hydroxylation is 2. The molecule has 0 fully saturated rings. The van der Waals surface area contributed by atoms with E-state index >= 15 is 0 Å². The normalized spacial score (nSPS) is 13.6. The van der Waals surface area contributed by atoms with Crippen LogP contribution in [0.5, 0.6) is 11.5 Å². The second kappa shape index (κ2) is 4.50. The monoisotopic (exact) mass is 259 g/mol. The average Bonchev–Trinajstić information content (AvgIpc) is 2.77. The molecule has 2 aromatic rings. The number of benzene rings is 1. The molecule has 1 aromatic carbocycles. The van der Waals surface area contributed by atoms with Gasteiger partial charge in [0.05, 0.1) is 6.20 Å². The molecule has 0 spiro atoms. The summed E-state index contributed by atoms with van der Waals surface area (Å²) in [6.45, 7) is 3.30. The first kappa shape index (κ1) is 11.9. The zero-order valence-electron chi connectivity index (χ0n) is 11.1. The molecule has 2 heterocycles. The van der Waals surface area contributed by atoms with Gasteiger partial charge in [-0.2, -0.15) is 5.10 Å². The van der Waals surface area contributed by atoms with Crippen LogP contribution in [-0.4, -0.2) is 23.0 Å². The van der Waals surface area contributed by atoms with E-state index in [9.17, 15) is 0 Å². The molecule has 0 saturated carbocycles. The summed E-state index contributed by atoms with van der Waals surface area (Å²) in [5, 5.41) is 4.20. The molecular formula is C14H17N3O2. The third-order valence-electron chi connectivity index (χ3n) is 3.42. The van der Waals surface area contributed by atoms with E-state index in [1.165, 1.54) is 5.56 Å². The Morgan fingerprint density at radius 2 is 1.89 bits per heavy atom. The molecule has 0 aliphatic carbocycles. The third-order valence-corrected chi connectivity index (χ3v) is 3.42. The van der Waals surface area contributed by atoms with Crippen molar-refractivity contribution in [3.63, 3.8) is 0 Å². The Morgan fingerprint density at radius 3 is 2.47 bits per heavy atom. The van der Waals surface area contributed by atoms with Crippen LogP contribution in [0.25, 0.3) is 11.1 Å². The maximum Gasteiger partial charge on any atom is 0.162 e. The Morgan fingerprint density at radius 1 is 1.21 bits per heavy atom. The third kappa shape index (κ3) is 1.91. The van der Waals surface area contributed by atoms with E-state index in [0.29, 0.717) is 19.0 Å². The van der Waals surface area contributed by atoms with Crippen LogP contribution in [0.2, 0.25) is 0 Å². The summed E-state index contributed by atoms with van der Waals surface area (Å²) in [6.07, 6.45) is 2.69. The van der Waals surface area contributed by atoms with Crippen LogP contribution in [0.3, 0.4) is 0 Å². The lowest BCUT2D eigenvalue weighted by atomic mass is 9.98. The summed E-state index contributed by atoms with van der Waals surface area (Å²) in [5.74, 6) is 2.25. The van der Waals surface area contributed by atoms with Gasteiger partial charge in [0.15, 0.2) is 11.5 Å². The zero-order chi connectivity index (χ0) is 13.4. The molecule has 1 aliphatic heterocycles. The van der Waals surface area contributed by atoms with E-state index in [2.05, 4.69) is 12.0 Å². The summed E-state index contributed by atoms with van der Waals surface area (Å²) in [7, 11) is 1.84. The lowest BCUT2D eigenvalue weighted by Crippen LogP contribution is -2.15. The van der Waals surface area contributed by atoms with Gasteiger partial charge in [-0.15, -0.1) is 0 Å². The highest BCUT2D eigenvalue weighted by Crippen LogP contribution is 2.39. The first-order valence-corrected chi connectivity index (χ1v) is 6.41. The van der Waals surface area contributed by atoms with Gasteiger partial charge in [-0.05, 0) is 29.7 Å². The number of ether oxygens (including phenoxy) is 2. The Hall–Kier alpha value is -2.17. The standard InChI is InChI=1S/C14H17N3O2/c1-3-9-6-12-13(19-5-4-18-12)7-10(9)11-8-16-17(2)14(11)15/h6-8H,3-5,15H2,1-2H3. The van der Waals surface area contributed by atoms with Crippen molar-refractivity contribution >= 4 is 5.82 Å². The van der Waals surface area contributed by atoms with Crippen molar-refractivity contribution in [1.29, 1.82) is 0 Å². The van der Waals surface area contributed by atoms with E-state index in [0.717, 1.165) is 29.0 Å². The number of hydrogen-bond acceptors (Lipinski definition) is 4. The van der Waals surface area contributed by atoms with Gasteiger partial charge in [-0.3, -0.25) is 4.68 Å². The molecule has 0 saturated heterocycles. The van der Waals surface area contributed by atoms with Crippen LogP contribution in [0.15, 0.2) is 18.3 Å². The topological polar surface area (TPSA) is 62.3 Å². The van der Waals surface area contributed by atoms with Crippen LogP contribution in [0.1, 0.15) is 12.5 Å². The minimum atomic E-state index is 0.584. The molecule has 19 heavy (non-hydrogen) atoms. The molecule has 2 N–H and O–H groups in total. The second-order valence-electron chi connectivity index (χ2n) is 4.57. The number of rotatable bonds is 2. The molecule has 0 unspecified atom stereocenters. The molecule has 5 heteroatoms. The van der Waals surface area contributed by atoms with Crippen molar-refractivity contribution < 1.29 is 9.47 Å². The zero-order valence-corrected chi connectivity index (χ0v) is 11.1. The number of nitrogen functional groups attached to an aromatic ring is 1. The van der Waals surface area contributed by atoms with Crippen molar-refractivity contribution in [2.75, 3.05) is 18.9 Å². The van der Waals surface area contributed by atoms with Crippen LogP contribution in [0.4, 0.5) is 5.82 Å². The molecule has 1 aromatic heterocycles. The first-order chi connectivity index (χ1) is 9.20. The molecule has 0 bridgehead atoms. The Bertz CT molecular complexity index is 619. The molecular weight excluding hydrogens is 242 g/mol. The quantitative estimate of drug-likeness (QED) is 0.896. The van der Waals surface area contributed by atoms with Crippen molar-refractivity contribution in [3.05, 3.63) is 23.9 Å². The highest BCUT2D eigenvalue weighted by atomic mass is 16.6. The van der Waals surface area contributed by atoms with Crippen molar-refractivity contribution in [2.45, 2.75) is 13.3 Å². The summed E-state index contributed by atoms with van der Waals surface area (Å²) in [5.41, 5.74) is 9.25. The Balaban J connectivity index is 2.17. The lowest BCUT2D eigenvalue weighted by Gasteiger charge is -2.21. The molecule has 0 radical (unpaired) electrons. The predicted molar refractivity (Wildman–Crippen MR) is 73.4 cm³/mol. The summed E-state index contributed by atoms with van der Waals surface area (Å²) in [6, 6.07) is 4.04. The number of nitrogens with zero attached hydrogens (tertiary/aromatic N) is 2. The smallest absolute Gasteiger partial charge is 0.162 e. The Labute approximate surface area is 111 Å². The summed E-state index contributed by atoms with van der Waals surface area (Å²) < 4.78 is 12.9. The fourth-order valence-corrected chi connectivity index (χ4v) is 2.33. The number of hydrogen-bond donors (Lipinski definition) is 1. The summed E-state index contributed by atoms with van der Waals surface area (Å²) >= 11 is 0. The fourth-order valence-electron chi connectivity index (χ4n) is 2.33. The van der Waals surface area contributed by atoms with Gasteiger partial charge in [0.1, 0.15) is 19.0 Å². The van der Waals surface area contributed by atoms with Crippen LogP contribution in [0, 0.1) is 0 Å². The second-order valence-corrected chi connectivity index (χ2v) is 4.57. The van der Waals surface area contributed by atoms with Crippen molar-refractivity contribution in [3.8, 4) is 22.6 Å². The molecule has 0 amide bonds. The average molecular weight is 259 g/mol. The number of aromatic nitrogens is 2. The number of nitrogens with two attached hydrogens (primary N) is 1. The van der Waals surface area contributed by atoms with Crippen LogP contribution >= 0.6 is 0 Å². The van der Waals surface area contributed by atoms with E-state index in [1.54, 1.807) is 10.9 Å². The van der Waals surface area contributed by atoms with Gasteiger partial charge in [-0.1, -0.05) is 6.92 Å². The molecule has 5 nitrogen and oxygen atoms in total. The van der Waals surface area contributed by atoms with E-state index < -0.39 is 0 Å². The number of anilines is 1. The highest BCUT2D eigenvalue weighted by molar-refractivity contribution is 5.78. The molecule has 100 valence electrons. The van der Waals surface area contributed by atoms with Gasteiger partial charge in [0.2, 0.25) is 0 Å². The minimum Gasteiger partial charge on any atom is -0.486 e. The molecule has 1 aliphatic rings. The van der Waals surface area contributed by atoms with Crippen LogP contribution < -0.4 is 15.2 Å². The number of fused-ring (bicyclic) bond motifs is 1. The van der Waals surface area contributed by atoms with Crippen LogP contribution in [-0.2, 0) is 13.5 Å². The van der Waals surface area contributed by atoms with Gasteiger partial charge in [-0.25, -0.2) is 0 Å². The predicted octanol–water partition coefficient (Wildman–Crippen LogP) is 2.00. The largest absolute Gasteiger partial charge is 0.486 e. The maximum atomic E-state index is 6.06. The van der Waals surface area contributed by atoms with E-state index in [1.807, 2.05) is 19.2 Å². The van der Waals surface area contributed by atoms with E-state index in [4.69, 9.17) is 15.2 Å². The maximum absolute atomic E-state index is 6.06. The SMILES string of the molecule is CCc1cc2c(cc1-c1cnn(C)c1N)OCCO2. The molecule has 0 atom stereocenters. The Kier molecular flexibility index (Phi) is 2.81. The molecule has 3 rings (SSSR count). The van der Waals surface area contributed by atoms with Crippen molar-refractivity contribution in [2.24, 2.45) is 7.05 Å². The minimum absolute atomic E-state index is 0.584. The van der Waals surface area contributed by atoms with Gasteiger partial charge in [0.25, 0.3) is 0 Å². The summed E-state index contributed by atoms with van der Waals surface area (Å²) in [4.78, 5) is 0. The lowest BCUT2D eigenvalue weighted by molar-refractivity contribution is 0.171. The van der Waals surface area contributed by atoms with Crippen molar-refractivity contribution in [1.82, 2.24) is 9.78 Å². The fraction of sp³-hybridized carbons (Fsp3) is 0.357. The first-order valence-electron chi connectivity index (χ1n) is 6.41. The van der Waals surface area contributed by atoms with E-state index in [-0.39, 0.29) is 0 Å². The highest BCUT2D eigenvalue weighted by Gasteiger charge is 2.18.